The van der Waals surface area contributed by atoms with Gasteiger partial charge in [0.05, 0.1) is 24.3 Å². The minimum absolute atomic E-state index is 0.137. The van der Waals surface area contributed by atoms with E-state index in [4.69, 9.17) is 9.84 Å². The van der Waals surface area contributed by atoms with Crippen molar-refractivity contribution < 1.29 is 14.6 Å². The number of nitrogens with one attached hydrogen (secondary N) is 1. The lowest BCUT2D eigenvalue weighted by atomic mass is 9.82. The lowest BCUT2D eigenvalue weighted by molar-refractivity contribution is -0.143. The highest BCUT2D eigenvalue weighted by Gasteiger charge is 2.25. The van der Waals surface area contributed by atoms with Crippen LogP contribution in [-0.4, -0.2) is 34.5 Å². The number of hydrogen-bond donors (Lipinski definition) is 2. The first-order chi connectivity index (χ1) is 10.0. The molecule has 0 amide bonds. The summed E-state index contributed by atoms with van der Waals surface area (Å²) in [5.41, 5.74) is 2.08. The molecule has 118 valence electrons. The van der Waals surface area contributed by atoms with Gasteiger partial charge in [0, 0.05) is 13.6 Å². The van der Waals surface area contributed by atoms with Gasteiger partial charge >= 0.3 is 5.97 Å². The summed E-state index contributed by atoms with van der Waals surface area (Å²) in [6, 6.07) is 0. The third kappa shape index (κ3) is 3.75. The molecule has 1 aromatic rings. The highest BCUT2D eigenvalue weighted by atomic mass is 16.5. The van der Waals surface area contributed by atoms with Gasteiger partial charge in [0.1, 0.15) is 0 Å². The van der Waals surface area contributed by atoms with Gasteiger partial charge in [0.15, 0.2) is 0 Å². The average molecular weight is 295 g/mol. The second-order valence-corrected chi connectivity index (χ2v) is 5.88. The Kier molecular flexibility index (Phi) is 5.22. The van der Waals surface area contributed by atoms with Crippen molar-refractivity contribution in [2.24, 2.45) is 18.9 Å². The summed E-state index contributed by atoms with van der Waals surface area (Å²) in [6.45, 7) is 3.64. The van der Waals surface area contributed by atoms with E-state index in [0.29, 0.717) is 5.92 Å². The number of ether oxygens (including phenoxy) is 1. The Hall–Kier alpha value is -1.56. The van der Waals surface area contributed by atoms with Gasteiger partial charge in [-0.3, -0.25) is 4.79 Å². The molecule has 0 unspecified atom stereocenters. The van der Waals surface area contributed by atoms with Gasteiger partial charge < -0.3 is 15.2 Å². The number of carbonyl (C=O) groups is 1. The van der Waals surface area contributed by atoms with E-state index >= 15 is 0 Å². The zero-order chi connectivity index (χ0) is 15.4. The van der Waals surface area contributed by atoms with E-state index in [2.05, 4.69) is 10.4 Å². The average Bonchev–Trinajstić information content (AvgIpc) is 2.73. The molecule has 1 aromatic heterocycles. The summed E-state index contributed by atoms with van der Waals surface area (Å²) in [5.74, 6) is 0.595. The van der Waals surface area contributed by atoms with E-state index in [0.717, 1.165) is 55.9 Å². The highest BCUT2D eigenvalue weighted by Crippen LogP contribution is 2.28. The third-order valence-corrected chi connectivity index (χ3v) is 4.41. The first kappa shape index (κ1) is 15.8. The fourth-order valence-corrected chi connectivity index (χ4v) is 3.15. The molecule has 1 aliphatic rings. The molecular weight excluding hydrogens is 270 g/mol. The van der Waals surface area contributed by atoms with Crippen LogP contribution in [0, 0.1) is 18.8 Å². The van der Waals surface area contributed by atoms with Crippen LogP contribution in [0.3, 0.4) is 0 Å². The molecule has 2 N–H and O–H groups in total. The van der Waals surface area contributed by atoms with Gasteiger partial charge in [-0.2, -0.15) is 5.10 Å². The van der Waals surface area contributed by atoms with Crippen LogP contribution >= 0.6 is 0 Å². The minimum Gasteiger partial charge on any atom is -0.481 e. The van der Waals surface area contributed by atoms with Crippen molar-refractivity contribution in [3.63, 3.8) is 0 Å². The standard InChI is InChI=1S/C15H25N3O3/c1-10-13(14(21-3)18(2)17-10)9-16-8-11-4-6-12(7-5-11)15(19)20/h11-12,16H,4-9H2,1-3H3,(H,19,20). The molecule has 0 saturated heterocycles. The van der Waals surface area contributed by atoms with E-state index in [1.807, 2.05) is 14.0 Å². The van der Waals surface area contributed by atoms with Gasteiger partial charge in [0.25, 0.3) is 0 Å². The van der Waals surface area contributed by atoms with Crippen LogP contribution in [0.1, 0.15) is 36.9 Å². The number of aromatic nitrogens is 2. The summed E-state index contributed by atoms with van der Waals surface area (Å²) >= 11 is 0. The van der Waals surface area contributed by atoms with E-state index in [-0.39, 0.29) is 5.92 Å². The van der Waals surface area contributed by atoms with Crippen LogP contribution < -0.4 is 10.1 Å². The van der Waals surface area contributed by atoms with Crippen molar-refractivity contribution in [1.29, 1.82) is 0 Å². The topological polar surface area (TPSA) is 76.4 Å². The Morgan fingerprint density at radius 2 is 2.10 bits per heavy atom. The smallest absolute Gasteiger partial charge is 0.306 e. The predicted octanol–water partition coefficient (Wildman–Crippen LogP) is 1.72. The Labute approximate surface area is 125 Å². The van der Waals surface area contributed by atoms with Crippen LogP contribution in [0.4, 0.5) is 0 Å². The van der Waals surface area contributed by atoms with Crippen LogP contribution in [0.25, 0.3) is 0 Å². The van der Waals surface area contributed by atoms with Crippen LogP contribution in [0.5, 0.6) is 5.88 Å². The molecule has 21 heavy (non-hydrogen) atoms. The number of rotatable bonds is 6. The van der Waals surface area contributed by atoms with Crippen molar-refractivity contribution in [2.75, 3.05) is 13.7 Å². The van der Waals surface area contributed by atoms with E-state index < -0.39 is 5.97 Å². The molecule has 0 aliphatic heterocycles. The quantitative estimate of drug-likeness (QED) is 0.835. The molecule has 6 nitrogen and oxygen atoms in total. The van der Waals surface area contributed by atoms with E-state index in [1.54, 1.807) is 11.8 Å². The molecule has 0 atom stereocenters. The lowest BCUT2D eigenvalue weighted by Crippen LogP contribution is -2.28. The first-order valence-corrected chi connectivity index (χ1v) is 7.53. The van der Waals surface area contributed by atoms with Gasteiger partial charge in [-0.15, -0.1) is 0 Å². The zero-order valence-electron chi connectivity index (χ0n) is 13.1. The van der Waals surface area contributed by atoms with Crippen molar-refractivity contribution in [1.82, 2.24) is 15.1 Å². The molecule has 0 bridgehead atoms. The number of nitrogens with zero attached hydrogens (tertiary/aromatic N) is 2. The first-order valence-electron chi connectivity index (χ1n) is 7.53. The maximum Gasteiger partial charge on any atom is 0.306 e. The summed E-state index contributed by atoms with van der Waals surface area (Å²) in [7, 11) is 3.54. The molecular formula is C15H25N3O3. The minimum atomic E-state index is -0.642. The number of methoxy groups -OCH3 is 1. The van der Waals surface area contributed by atoms with E-state index in [1.165, 1.54) is 0 Å². The van der Waals surface area contributed by atoms with Crippen LogP contribution in [0.2, 0.25) is 0 Å². The number of aliphatic carboxylic acids is 1. The summed E-state index contributed by atoms with van der Waals surface area (Å²) in [4.78, 5) is 10.9. The Morgan fingerprint density at radius 3 is 2.67 bits per heavy atom. The molecule has 1 saturated carbocycles. The third-order valence-electron chi connectivity index (χ3n) is 4.41. The van der Waals surface area contributed by atoms with Gasteiger partial charge in [-0.1, -0.05) is 0 Å². The molecule has 1 heterocycles. The van der Waals surface area contributed by atoms with Crippen LogP contribution in [-0.2, 0) is 18.4 Å². The molecule has 1 fully saturated rings. The summed E-state index contributed by atoms with van der Waals surface area (Å²) in [5, 5.41) is 16.8. The Morgan fingerprint density at radius 1 is 1.43 bits per heavy atom. The van der Waals surface area contributed by atoms with Gasteiger partial charge in [-0.25, -0.2) is 4.68 Å². The SMILES string of the molecule is COc1c(CNCC2CCC(C(=O)O)CC2)c(C)nn1C. The number of hydrogen-bond acceptors (Lipinski definition) is 4. The molecule has 0 spiro atoms. The number of carboxylic acids is 1. The van der Waals surface area contributed by atoms with Crippen molar-refractivity contribution in [3.8, 4) is 5.88 Å². The predicted molar refractivity (Wildman–Crippen MR) is 79.3 cm³/mol. The lowest BCUT2D eigenvalue weighted by Gasteiger charge is -2.26. The number of carboxylic acid groups (broad SMARTS) is 1. The highest BCUT2D eigenvalue weighted by molar-refractivity contribution is 5.69. The second kappa shape index (κ2) is 6.93. The van der Waals surface area contributed by atoms with Gasteiger partial charge in [-0.05, 0) is 45.1 Å². The van der Waals surface area contributed by atoms with Crippen molar-refractivity contribution >= 4 is 5.97 Å². The molecule has 2 rings (SSSR count). The molecule has 1 aliphatic carbocycles. The Bertz CT molecular complexity index is 491. The molecule has 0 radical (unpaired) electrons. The van der Waals surface area contributed by atoms with E-state index in [9.17, 15) is 4.79 Å². The maximum absolute atomic E-state index is 10.9. The largest absolute Gasteiger partial charge is 0.481 e. The second-order valence-electron chi connectivity index (χ2n) is 5.88. The monoisotopic (exact) mass is 295 g/mol. The Balaban J connectivity index is 1.79. The fourth-order valence-electron chi connectivity index (χ4n) is 3.15. The van der Waals surface area contributed by atoms with Gasteiger partial charge in [0.2, 0.25) is 5.88 Å². The van der Waals surface area contributed by atoms with Crippen LogP contribution in [0.15, 0.2) is 0 Å². The van der Waals surface area contributed by atoms with Crippen molar-refractivity contribution in [2.45, 2.75) is 39.2 Å². The van der Waals surface area contributed by atoms with Crippen molar-refractivity contribution in [3.05, 3.63) is 11.3 Å². The zero-order valence-corrected chi connectivity index (χ0v) is 13.1. The summed E-state index contributed by atoms with van der Waals surface area (Å²) < 4.78 is 7.13. The molecule has 0 aromatic carbocycles. The molecule has 6 heteroatoms. The normalized spacial score (nSPS) is 22.2. The summed E-state index contributed by atoms with van der Waals surface area (Å²) in [6.07, 6.45) is 3.59. The number of aryl methyl sites for hydroxylation is 2. The fraction of sp³-hybridized carbons (Fsp3) is 0.733. The maximum atomic E-state index is 10.9.